The zero-order valence-electron chi connectivity index (χ0n) is 18.3. The number of H-pyrrole nitrogens is 1. The van der Waals surface area contributed by atoms with Crippen molar-refractivity contribution in [3.05, 3.63) is 89.5 Å². The second kappa shape index (κ2) is 8.52. The molecule has 0 unspecified atom stereocenters. The first-order valence-corrected chi connectivity index (χ1v) is 10.5. The van der Waals surface area contributed by atoms with E-state index in [4.69, 9.17) is 11.0 Å². The molecule has 4 N–H and O–H groups in total. The van der Waals surface area contributed by atoms with Gasteiger partial charge in [0.05, 0.1) is 35.6 Å². The van der Waals surface area contributed by atoms with E-state index < -0.39 is 0 Å². The number of carbonyl (C=O) groups excluding carboxylic acids is 1. The molecule has 3 aromatic heterocycles. The van der Waals surface area contributed by atoms with Crippen LogP contribution in [0.5, 0.6) is 0 Å². The third-order valence-corrected chi connectivity index (χ3v) is 5.51. The molecule has 0 aliphatic rings. The predicted molar refractivity (Wildman–Crippen MR) is 129 cm³/mol. The van der Waals surface area contributed by atoms with E-state index in [1.165, 1.54) is 0 Å². The first-order valence-electron chi connectivity index (χ1n) is 10.5. The highest BCUT2D eigenvalue weighted by atomic mass is 16.2. The molecule has 0 saturated carbocycles. The van der Waals surface area contributed by atoms with Crippen LogP contribution in [0.15, 0.2) is 67.1 Å². The lowest BCUT2D eigenvalue weighted by atomic mass is 9.99. The minimum atomic E-state index is -0.335. The van der Waals surface area contributed by atoms with E-state index in [-0.39, 0.29) is 5.91 Å². The van der Waals surface area contributed by atoms with Crippen molar-refractivity contribution >= 4 is 28.3 Å². The lowest BCUT2D eigenvalue weighted by molar-refractivity contribution is 0.102. The summed E-state index contributed by atoms with van der Waals surface area (Å²) in [6.45, 7) is 2.46. The number of aromatic nitrogens is 5. The largest absolute Gasteiger partial charge is 0.384 e. The highest BCUT2D eigenvalue weighted by Crippen LogP contribution is 2.29. The van der Waals surface area contributed by atoms with Crippen LogP contribution >= 0.6 is 0 Å². The van der Waals surface area contributed by atoms with Crippen LogP contribution in [0.1, 0.15) is 27.2 Å². The normalized spacial score (nSPS) is 10.8. The van der Waals surface area contributed by atoms with Gasteiger partial charge in [-0.2, -0.15) is 15.5 Å². The maximum Gasteiger partial charge on any atom is 0.276 e. The number of nitrogens with two attached hydrogens (primary N) is 1. The van der Waals surface area contributed by atoms with E-state index in [2.05, 4.69) is 31.7 Å². The average molecular weight is 448 g/mol. The number of aryl methyl sites for hydroxylation is 1. The summed E-state index contributed by atoms with van der Waals surface area (Å²) < 4.78 is 1.70. The van der Waals surface area contributed by atoms with Gasteiger partial charge >= 0.3 is 0 Å². The van der Waals surface area contributed by atoms with Crippen LogP contribution < -0.4 is 11.1 Å². The topological polar surface area (TPSA) is 138 Å². The standard InChI is InChI=1S/C25H20N8O/c1-15-7-21-22(9-20(15)18-5-6-23(27)28-11-18)31-32-24(21)25(34)30-19-12-29-33(14-19)13-17-4-2-3-16(8-17)10-26/h2-9,11-12,14H,13H2,1H3,(H2,27,28)(H,30,34)(H,31,32). The number of amides is 1. The Balaban J connectivity index is 1.35. The van der Waals surface area contributed by atoms with Gasteiger partial charge in [-0.05, 0) is 60.0 Å². The van der Waals surface area contributed by atoms with Crippen LogP contribution in [-0.4, -0.2) is 30.9 Å². The van der Waals surface area contributed by atoms with Crippen LogP contribution in [0.25, 0.3) is 22.0 Å². The number of anilines is 2. The van der Waals surface area contributed by atoms with Gasteiger partial charge in [0.1, 0.15) is 5.82 Å². The minimum absolute atomic E-state index is 0.301. The number of nitrogens with zero attached hydrogens (tertiary/aromatic N) is 5. The summed E-state index contributed by atoms with van der Waals surface area (Å²) in [7, 11) is 0. The number of hydrogen-bond donors (Lipinski definition) is 3. The second-order valence-corrected chi connectivity index (χ2v) is 7.95. The summed E-state index contributed by atoms with van der Waals surface area (Å²) in [5.74, 6) is 0.126. The van der Waals surface area contributed by atoms with Gasteiger partial charge in [0, 0.05) is 23.3 Å². The number of rotatable bonds is 5. The van der Waals surface area contributed by atoms with Crippen molar-refractivity contribution in [1.82, 2.24) is 25.0 Å². The Hall–Kier alpha value is -4.97. The number of hydrogen-bond acceptors (Lipinski definition) is 6. The molecule has 1 amide bonds. The fourth-order valence-electron chi connectivity index (χ4n) is 3.85. The molecule has 0 aliphatic heterocycles. The van der Waals surface area contributed by atoms with Crippen molar-refractivity contribution in [2.45, 2.75) is 13.5 Å². The van der Waals surface area contributed by atoms with Crippen molar-refractivity contribution in [3.63, 3.8) is 0 Å². The molecule has 166 valence electrons. The third kappa shape index (κ3) is 4.08. The molecule has 0 spiro atoms. The van der Waals surface area contributed by atoms with Gasteiger partial charge in [0.25, 0.3) is 5.91 Å². The minimum Gasteiger partial charge on any atom is -0.384 e. The summed E-state index contributed by atoms with van der Waals surface area (Å²) in [6.07, 6.45) is 5.04. The number of aromatic amines is 1. The third-order valence-electron chi connectivity index (χ3n) is 5.51. The van der Waals surface area contributed by atoms with Gasteiger partial charge in [-0.1, -0.05) is 12.1 Å². The van der Waals surface area contributed by atoms with Gasteiger partial charge in [0.15, 0.2) is 5.69 Å². The molecule has 0 radical (unpaired) electrons. The smallest absolute Gasteiger partial charge is 0.276 e. The fraction of sp³-hybridized carbons (Fsp3) is 0.0800. The predicted octanol–water partition coefficient (Wildman–Crippen LogP) is 3.88. The van der Waals surface area contributed by atoms with E-state index >= 15 is 0 Å². The molecule has 5 aromatic rings. The van der Waals surface area contributed by atoms with Crippen molar-refractivity contribution in [2.24, 2.45) is 0 Å². The Morgan fingerprint density at radius 2 is 2.09 bits per heavy atom. The molecule has 0 fully saturated rings. The molecule has 0 bridgehead atoms. The van der Waals surface area contributed by atoms with E-state index in [0.717, 1.165) is 33.2 Å². The van der Waals surface area contributed by atoms with Gasteiger partial charge in [-0.3, -0.25) is 14.6 Å². The van der Waals surface area contributed by atoms with E-state index in [0.29, 0.717) is 29.3 Å². The maximum absolute atomic E-state index is 13.0. The van der Waals surface area contributed by atoms with E-state index in [1.807, 2.05) is 43.3 Å². The number of benzene rings is 2. The maximum atomic E-state index is 13.0. The second-order valence-electron chi connectivity index (χ2n) is 7.95. The first-order chi connectivity index (χ1) is 16.5. The molecule has 34 heavy (non-hydrogen) atoms. The lowest BCUT2D eigenvalue weighted by Gasteiger charge is -2.07. The van der Waals surface area contributed by atoms with Gasteiger partial charge in [-0.25, -0.2) is 4.98 Å². The number of nitrogens with one attached hydrogen (secondary N) is 2. The molecular weight excluding hydrogens is 428 g/mol. The summed E-state index contributed by atoms with van der Waals surface area (Å²) in [5.41, 5.74) is 11.7. The molecule has 9 heteroatoms. The molecule has 0 aliphatic carbocycles. The highest BCUT2D eigenvalue weighted by Gasteiger charge is 2.17. The van der Waals surface area contributed by atoms with Crippen LogP contribution in [0.2, 0.25) is 0 Å². The van der Waals surface area contributed by atoms with Crippen LogP contribution in [0, 0.1) is 18.3 Å². The van der Waals surface area contributed by atoms with Gasteiger partial charge in [-0.15, -0.1) is 0 Å². The molecule has 3 heterocycles. The van der Waals surface area contributed by atoms with Crippen molar-refractivity contribution in [2.75, 3.05) is 11.1 Å². The summed E-state index contributed by atoms with van der Waals surface area (Å²) in [4.78, 5) is 17.1. The van der Waals surface area contributed by atoms with Crippen LogP contribution in [0.3, 0.4) is 0 Å². The quantitative estimate of drug-likeness (QED) is 0.373. The van der Waals surface area contributed by atoms with E-state index in [9.17, 15) is 4.79 Å². The fourth-order valence-corrected chi connectivity index (χ4v) is 3.85. The Morgan fingerprint density at radius 3 is 2.88 bits per heavy atom. The number of fused-ring (bicyclic) bond motifs is 1. The first kappa shape index (κ1) is 20.9. The van der Waals surface area contributed by atoms with Gasteiger partial charge < -0.3 is 11.1 Å². The number of nitrogen functional groups attached to an aromatic ring is 1. The molecular formula is C25H20N8O. The van der Waals surface area contributed by atoms with E-state index in [1.54, 1.807) is 35.4 Å². The van der Waals surface area contributed by atoms with Gasteiger partial charge in [0.2, 0.25) is 0 Å². The zero-order valence-corrected chi connectivity index (χ0v) is 18.3. The Bertz CT molecular complexity index is 1560. The Morgan fingerprint density at radius 1 is 1.21 bits per heavy atom. The molecule has 2 aromatic carbocycles. The molecule has 5 rings (SSSR count). The molecule has 0 atom stereocenters. The summed E-state index contributed by atoms with van der Waals surface area (Å²) in [6, 6.07) is 17.0. The zero-order chi connectivity index (χ0) is 23.7. The Kier molecular flexibility index (Phi) is 5.24. The van der Waals surface area contributed by atoms with Crippen molar-refractivity contribution in [1.29, 1.82) is 5.26 Å². The monoisotopic (exact) mass is 448 g/mol. The molecule has 9 nitrogen and oxygen atoms in total. The number of nitriles is 1. The lowest BCUT2D eigenvalue weighted by Crippen LogP contribution is -2.12. The highest BCUT2D eigenvalue weighted by molar-refractivity contribution is 6.11. The average Bonchev–Trinajstić information content (AvgIpc) is 3.45. The van der Waals surface area contributed by atoms with Crippen LogP contribution in [-0.2, 0) is 6.54 Å². The summed E-state index contributed by atoms with van der Waals surface area (Å²) >= 11 is 0. The van der Waals surface area contributed by atoms with Crippen LogP contribution in [0.4, 0.5) is 11.5 Å². The SMILES string of the molecule is Cc1cc2c(C(=O)Nc3cnn(Cc4cccc(C#N)c4)c3)n[nH]c2cc1-c1ccc(N)nc1. The Labute approximate surface area is 194 Å². The number of pyridine rings is 1. The summed E-state index contributed by atoms with van der Waals surface area (Å²) in [5, 5.41) is 24.1. The van der Waals surface area contributed by atoms with Crippen molar-refractivity contribution in [3.8, 4) is 17.2 Å². The number of carbonyl (C=O) groups is 1. The molecule has 0 saturated heterocycles. The van der Waals surface area contributed by atoms with Crippen molar-refractivity contribution < 1.29 is 4.79 Å².